The zero-order chi connectivity index (χ0) is 26.7. The molecule has 0 fully saturated rings. The van der Waals surface area contributed by atoms with Gasteiger partial charge in [0, 0.05) is 29.7 Å². The third-order valence-electron chi connectivity index (χ3n) is 6.75. The van der Waals surface area contributed by atoms with E-state index in [4.69, 9.17) is 21.1 Å². The Morgan fingerprint density at radius 1 is 1.30 bits per heavy atom. The van der Waals surface area contributed by atoms with Crippen molar-refractivity contribution in [1.82, 2.24) is 14.9 Å². The highest BCUT2D eigenvalue weighted by molar-refractivity contribution is 7.90. The molecule has 3 aliphatic rings. The Kier molecular flexibility index (Phi) is 8.52. The molecule has 0 radical (unpaired) electrons. The van der Waals surface area contributed by atoms with Crippen molar-refractivity contribution in [2.75, 3.05) is 26.3 Å². The average molecular weight is 552 g/mol. The summed E-state index contributed by atoms with van der Waals surface area (Å²) in [4.78, 5) is 14.6. The van der Waals surface area contributed by atoms with Crippen LogP contribution in [-0.2, 0) is 14.8 Å². The van der Waals surface area contributed by atoms with Gasteiger partial charge in [-0.2, -0.15) is 0 Å². The minimum atomic E-state index is -3.46. The van der Waals surface area contributed by atoms with Crippen LogP contribution in [-0.4, -0.2) is 68.2 Å². The van der Waals surface area contributed by atoms with Crippen molar-refractivity contribution in [3.63, 3.8) is 0 Å². The van der Waals surface area contributed by atoms with Gasteiger partial charge in [-0.3, -0.25) is 4.90 Å². The van der Waals surface area contributed by atoms with E-state index in [1.54, 1.807) is 37.8 Å². The zero-order valence-electron chi connectivity index (χ0n) is 21.2. The number of carbonyl (C=O) groups is 1. The van der Waals surface area contributed by atoms with Crippen LogP contribution in [0.2, 0.25) is 0 Å². The number of hydrogen-bond donors (Lipinski definition) is 3. The Morgan fingerprint density at radius 3 is 2.70 bits per heavy atom. The smallest absolute Gasteiger partial charge is 0.410 e. The molecule has 0 saturated heterocycles. The molecule has 1 aliphatic carbocycles. The Hall–Kier alpha value is -2.53. The van der Waals surface area contributed by atoms with Crippen molar-refractivity contribution in [3.05, 3.63) is 64.4 Å². The Bertz CT molecular complexity index is 1200. The van der Waals surface area contributed by atoms with E-state index < -0.39 is 21.4 Å². The topological polar surface area (TPSA) is 117 Å². The number of allylic oxidation sites excluding steroid dienone is 2. The van der Waals surface area contributed by atoms with Gasteiger partial charge in [-0.15, -0.1) is 0 Å². The summed E-state index contributed by atoms with van der Waals surface area (Å²) < 4.78 is 37.1. The van der Waals surface area contributed by atoms with E-state index in [9.17, 15) is 18.3 Å². The van der Waals surface area contributed by atoms with Gasteiger partial charge in [-0.1, -0.05) is 35.9 Å². The molecule has 0 saturated carbocycles. The minimum Gasteiger partial charge on any atom is -0.491 e. The van der Waals surface area contributed by atoms with Crippen molar-refractivity contribution < 1.29 is 27.8 Å². The van der Waals surface area contributed by atoms with Gasteiger partial charge in [-0.05, 0) is 56.5 Å². The Labute approximate surface area is 223 Å². The highest BCUT2D eigenvalue weighted by Gasteiger charge is 2.43. The molecular formula is C26H34ClN3O6S. The summed E-state index contributed by atoms with van der Waals surface area (Å²) in [6.07, 6.45) is 5.36. The van der Waals surface area contributed by atoms with E-state index in [-0.39, 0.29) is 43.9 Å². The maximum atomic E-state index is 12.9. The van der Waals surface area contributed by atoms with Crippen LogP contribution in [0.1, 0.15) is 38.8 Å². The van der Waals surface area contributed by atoms with Crippen molar-refractivity contribution in [3.8, 4) is 5.75 Å². The molecule has 1 aromatic carbocycles. The molecule has 2 heterocycles. The second kappa shape index (κ2) is 11.5. The standard InChI is InChI=1S/C26H34ClN3O6S/c1-4-35-26(32)30-12-11-21-22-13-18(27)7-10-23(22)29-24(21)25(30)17-5-8-20(9-6-17)36-15-19(31)14-28-37(33,34)16(2)3/h5-10,13,16,19,22-23,25,28-29,31H,4,11-12,14-15H2,1-3H3. The molecule has 0 aromatic heterocycles. The van der Waals surface area contributed by atoms with Gasteiger partial charge in [0.05, 0.1) is 17.9 Å². The highest BCUT2D eigenvalue weighted by atomic mass is 35.5. The number of fused-ring (bicyclic) bond motifs is 2. The lowest BCUT2D eigenvalue weighted by Crippen LogP contribution is -2.42. The van der Waals surface area contributed by atoms with Crippen molar-refractivity contribution >= 4 is 27.7 Å². The summed E-state index contributed by atoms with van der Waals surface area (Å²) in [5, 5.41) is 13.9. The first-order valence-electron chi connectivity index (χ1n) is 12.5. The van der Waals surface area contributed by atoms with E-state index in [2.05, 4.69) is 22.2 Å². The summed E-state index contributed by atoms with van der Waals surface area (Å²) >= 11 is 6.29. The number of aliphatic hydroxyl groups excluding tert-OH is 1. The molecule has 9 nitrogen and oxygen atoms in total. The van der Waals surface area contributed by atoms with Crippen LogP contribution in [0.3, 0.4) is 0 Å². The monoisotopic (exact) mass is 551 g/mol. The maximum absolute atomic E-state index is 12.9. The number of benzene rings is 1. The van der Waals surface area contributed by atoms with E-state index in [0.29, 0.717) is 17.3 Å². The molecule has 0 spiro atoms. The van der Waals surface area contributed by atoms with Crippen molar-refractivity contribution in [2.45, 2.75) is 50.6 Å². The highest BCUT2D eigenvalue weighted by Crippen LogP contribution is 2.44. The van der Waals surface area contributed by atoms with E-state index in [1.165, 1.54) is 5.57 Å². The second-order valence-corrected chi connectivity index (χ2v) is 12.3. The molecule has 202 valence electrons. The summed E-state index contributed by atoms with van der Waals surface area (Å²) in [6, 6.07) is 7.07. The third-order valence-corrected chi connectivity index (χ3v) is 8.81. The van der Waals surface area contributed by atoms with Crippen LogP contribution < -0.4 is 14.8 Å². The zero-order valence-corrected chi connectivity index (χ0v) is 22.8. The minimum absolute atomic E-state index is 0.0714. The first-order valence-corrected chi connectivity index (χ1v) is 14.4. The quantitative estimate of drug-likeness (QED) is 0.431. The molecule has 4 unspecified atom stereocenters. The molecule has 1 amide bonds. The number of ether oxygens (including phenoxy) is 2. The fourth-order valence-electron chi connectivity index (χ4n) is 4.76. The molecule has 4 rings (SSSR count). The van der Waals surface area contributed by atoms with Gasteiger partial charge in [0.15, 0.2) is 0 Å². The van der Waals surface area contributed by atoms with E-state index >= 15 is 0 Å². The van der Waals surface area contributed by atoms with Gasteiger partial charge >= 0.3 is 6.09 Å². The first-order chi connectivity index (χ1) is 17.6. The molecule has 1 aromatic rings. The van der Waals surface area contributed by atoms with Crippen LogP contribution in [0, 0.1) is 5.92 Å². The Balaban J connectivity index is 1.49. The number of hydrogen-bond acceptors (Lipinski definition) is 7. The van der Waals surface area contributed by atoms with Crippen molar-refractivity contribution in [2.24, 2.45) is 5.92 Å². The number of nitrogens with one attached hydrogen (secondary N) is 2. The lowest BCUT2D eigenvalue weighted by molar-refractivity contribution is 0.0921. The number of rotatable bonds is 9. The Morgan fingerprint density at radius 2 is 2.03 bits per heavy atom. The molecule has 0 bridgehead atoms. The predicted molar refractivity (Wildman–Crippen MR) is 142 cm³/mol. The fourth-order valence-corrected chi connectivity index (χ4v) is 5.73. The van der Waals surface area contributed by atoms with Gasteiger partial charge in [0.1, 0.15) is 24.5 Å². The second-order valence-electron chi connectivity index (χ2n) is 9.57. The van der Waals surface area contributed by atoms with E-state index in [1.807, 2.05) is 18.2 Å². The molecule has 4 atom stereocenters. The number of sulfonamides is 1. The molecule has 2 aliphatic heterocycles. The molecular weight excluding hydrogens is 518 g/mol. The summed E-state index contributed by atoms with van der Waals surface area (Å²) in [5.41, 5.74) is 3.12. The molecule has 37 heavy (non-hydrogen) atoms. The number of amides is 1. The van der Waals surface area contributed by atoms with Crippen LogP contribution in [0.15, 0.2) is 58.8 Å². The first kappa shape index (κ1) is 27.5. The summed E-state index contributed by atoms with van der Waals surface area (Å²) in [5.74, 6) is 0.671. The largest absolute Gasteiger partial charge is 0.491 e. The number of nitrogens with zero attached hydrogens (tertiary/aromatic N) is 1. The number of carbonyl (C=O) groups excluding carboxylic acids is 1. The number of aliphatic hydroxyl groups is 1. The molecule has 11 heteroatoms. The average Bonchev–Trinajstić information content (AvgIpc) is 3.24. The van der Waals surface area contributed by atoms with Gasteiger partial charge in [0.25, 0.3) is 0 Å². The number of halogens is 1. The SMILES string of the molecule is CCOC(=O)N1CCC2=C(NC3C=CC(Cl)=CC23)C1c1ccc(OCC(O)CNS(=O)(=O)C(C)C)cc1. The third kappa shape index (κ3) is 6.14. The lowest BCUT2D eigenvalue weighted by atomic mass is 9.85. The van der Waals surface area contributed by atoms with Crippen molar-refractivity contribution in [1.29, 1.82) is 0 Å². The van der Waals surface area contributed by atoms with Crippen LogP contribution in [0.4, 0.5) is 4.79 Å². The van der Waals surface area contributed by atoms with Crippen LogP contribution in [0.25, 0.3) is 0 Å². The van der Waals surface area contributed by atoms with Gasteiger partial charge in [-0.25, -0.2) is 17.9 Å². The van der Waals surface area contributed by atoms with Gasteiger partial charge < -0.3 is 19.9 Å². The van der Waals surface area contributed by atoms with Crippen LogP contribution in [0.5, 0.6) is 5.75 Å². The molecule has 3 N–H and O–H groups in total. The predicted octanol–water partition coefficient (Wildman–Crippen LogP) is 3.19. The normalized spacial score (nSPS) is 23.8. The lowest BCUT2D eigenvalue weighted by Gasteiger charge is -2.37. The summed E-state index contributed by atoms with van der Waals surface area (Å²) in [7, 11) is -3.46. The fraction of sp³-hybridized carbons (Fsp3) is 0.500. The maximum Gasteiger partial charge on any atom is 0.410 e. The summed E-state index contributed by atoms with van der Waals surface area (Å²) in [6.45, 7) is 5.54. The van der Waals surface area contributed by atoms with Crippen LogP contribution >= 0.6 is 11.6 Å². The van der Waals surface area contributed by atoms with Gasteiger partial charge in [0.2, 0.25) is 10.0 Å². The van der Waals surface area contributed by atoms with E-state index in [0.717, 1.165) is 17.7 Å².